The molecule has 0 spiro atoms. The van der Waals surface area contributed by atoms with Crippen LogP contribution in [0.1, 0.15) is 27.0 Å². The average molecular weight is 407 g/mol. The van der Waals surface area contributed by atoms with E-state index in [1.807, 2.05) is 11.0 Å². The lowest BCUT2D eigenvalue weighted by atomic mass is 10.0. The summed E-state index contributed by atoms with van der Waals surface area (Å²) in [4.78, 5) is 26.8. The van der Waals surface area contributed by atoms with E-state index >= 15 is 0 Å². The number of rotatable bonds is 4. The van der Waals surface area contributed by atoms with Gasteiger partial charge in [-0.15, -0.1) is 0 Å². The molecule has 2 aromatic rings. The second-order valence-corrected chi connectivity index (χ2v) is 6.93. The Balaban J connectivity index is 1.67. The minimum Gasteiger partial charge on any atom is -0.336 e. The van der Waals surface area contributed by atoms with Crippen molar-refractivity contribution in [1.82, 2.24) is 9.80 Å². The highest BCUT2D eigenvalue weighted by atomic mass is 19.4. The summed E-state index contributed by atoms with van der Waals surface area (Å²) in [5.41, 5.74) is 0.194. The highest BCUT2D eigenvalue weighted by molar-refractivity contribution is 5.96. The van der Waals surface area contributed by atoms with Gasteiger partial charge in [0, 0.05) is 44.4 Å². The van der Waals surface area contributed by atoms with Crippen molar-refractivity contribution >= 4 is 11.6 Å². The van der Waals surface area contributed by atoms with Crippen LogP contribution in [-0.4, -0.2) is 46.8 Å². The van der Waals surface area contributed by atoms with E-state index in [1.165, 1.54) is 29.2 Å². The normalized spacial score (nSPS) is 15.4. The largest absolute Gasteiger partial charge is 0.417 e. The number of nitrogens with zero attached hydrogens (tertiary/aromatic N) is 3. The van der Waals surface area contributed by atoms with Gasteiger partial charge < -0.3 is 4.90 Å². The molecule has 3 rings (SSSR count). The third-order valence-electron chi connectivity index (χ3n) is 5.13. The molecule has 1 aliphatic heterocycles. The summed E-state index contributed by atoms with van der Waals surface area (Å²) in [6, 6.07) is 9.70. The first-order chi connectivity index (χ1) is 13.7. The zero-order chi connectivity index (χ0) is 21.2. The van der Waals surface area contributed by atoms with Crippen LogP contribution in [0, 0.1) is 17.0 Å². The van der Waals surface area contributed by atoms with Crippen LogP contribution in [0.2, 0.25) is 0 Å². The van der Waals surface area contributed by atoms with Gasteiger partial charge in [-0.3, -0.25) is 19.8 Å². The maximum Gasteiger partial charge on any atom is 0.417 e. The maximum absolute atomic E-state index is 13.2. The predicted molar refractivity (Wildman–Crippen MR) is 100 cm³/mol. The summed E-state index contributed by atoms with van der Waals surface area (Å²) < 4.78 is 39.5. The molecule has 9 heteroatoms. The van der Waals surface area contributed by atoms with Crippen molar-refractivity contribution in [3.8, 4) is 0 Å². The number of piperazine rings is 1. The molecule has 0 radical (unpaired) electrons. The first-order valence-electron chi connectivity index (χ1n) is 9.09. The molecule has 1 saturated heterocycles. The Labute approximate surface area is 165 Å². The fourth-order valence-electron chi connectivity index (χ4n) is 3.48. The minimum absolute atomic E-state index is 0.0556. The smallest absolute Gasteiger partial charge is 0.336 e. The molecule has 0 N–H and O–H groups in total. The standard InChI is InChI=1S/C20H20F3N3O3/c1-14-15(5-4-8-18(14)26(28)29)13-24-9-11-25(12-10-24)19(27)16-6-2-3-7-17(16)20(21,22)23/h2-8H,9-13H2,1H3. The van der Waals surface area contributed by atoms with E-state index in [0.29, 0.717) is 38.3 Å². The fourth-order valence-corrected chi connectivity index (χ4v) is 3.48. The molecule has 154 valence electrons. The average Bonchev–Trinajstić information content (AvgIpc) is 2.69. The molecule has 0 saturated carbocycles. The molecule has 1 amide bonds. The number of carbonyl (C=O) groups is 1. The summed E-state index contributed by atoms with van der Waals surface area (Å²) in [6.07, 6.45) is -4.59. The number of halogens is 3. The quantitative estimate of drug-likeness (QED) is 0.570. The molecule has 0 atom stereocenters. The second-order valence-electron chi connectivity index (χ2n) is 6.93. The van der Waals surface area contributed by atoms with Crippen LogP contribution in [-0.2, 0) is 12.7 Å². The number of alkyl halides is 3. The lowest BCUT2D eigenvalue weighted by Crippen LogP contribution is -2.48. The van der Waals surface area contributed by atoms with Gasteiger partial charge in [-0.1, -0.05) is 24.3 Å². The van der Waals surface area contributed by atoms with Gasteiger partial charge in [0.2, 0.25) is 0 Å². The Morgan fingerprint density at radius 2 is 1.72 bits per heavy atom. The van der Waals surface area contributed by atoms with E-state index in [2.05, 4.69) is 0 Å². The second kappa shape index (κ2) is 8.20. The van der Waals surface area contributed by atoms with E-state index < -0.39 is 22.6 Å². The van der Waals surface area contributed by atoms with E-state index in [0.717, 1.165) is 11.6 Å². The molecule has 0 bridgehead atoms. The van der Waals surface area contributed by atoms with Gasteiger partial charge in [-0.25, -0.2) is 0 Å². The zero-order valence-electron chi connectivity index (χ0n) is 15.8. The molecule has 0 unspecified atom stereocenters. The fraction of sp³-hybridized carbons (Fsp3) is 0.350. The van der Waals surface area contributed by atoms with Crippen molar-refractivity contribution in [2.45, 2.75) is 19.6 Å². The van der Waals surface area contributed by atoms with Crippen molar-refractivity contribution in [3.63, 3.8) is 0 Å². The van der Waals surface area contributed by atoms with Gasteiger partial charge in [0.1, 0.15) is 0 Å². The monoisotopic (exact) mass is 407 g/mol. The zero-order valence-corrected chi connectivity index (χ0v) is 15.8. The van der Waals surface area contributed by atoms with Crippen LogP contribution in [0.4, 0.5) is 18.9 Å². The van der Waals surface area contributed by atoms with Crippen molar-refractivity contribution < 1.29 is 22.9 Å². The Hall–Kier alpha value is -2.94. The van der Waals surface area contributed by atoms with Crippen LogP contribution in [0.3, 0.4) is 0 Å². The lowest BCUT2D eigenvalue weighted by Gasteiger charge is -2.35. The molecule has 6 nitrogen and oxygen atoms in total. The van der Waals surface area contributed by atoms with Crippen LogP contribution in [0.5, 0.6) is 0 Å². The van der Waals surface area contributed by atoms with E-state index in [9.17, 15) is 28.1 Å². The molecule has 0 aliphatic carbocycles. The van der Waals surface area contributed by atoms with Crippen LogP contribution in [0.15, 0.2) is 42.5 Å². The van der Waals surface area contributed by atoms with Crippen molar-refractivity contribution in [2.75, 3.05) is 26.2 Å². The van der Waals surface area contributed by atoms with Gasteiger partial charge in [-0.05, 0) is 24.6 Å². The Kier molecular flexibility index (Phi) is 5.88. The van der Waals surface area contributed by atoms with Gasteiger partial charge in [0.05, 0.1) is 16.1 Å². The number of amides is 1. The molecule has 1 aliphatic rings. The highest BCUT2D eigenvalue weighted by Gasteiger charge is 2.36. The van der Waals surface area contributed by atoms with Crippen LogP contribution in [0.25, 0.3) is 0 Å². The Morgan fingerprint density at radius 3 is 2.34 bits per heavy atom. The Bertz CT molecular complexity index is 923. The van der Waals surface area contributed by atoms with E-state index in [4.69, 9.17) is 0 Å². The van der Waals surface area contributed by atoms with E-state index in [-0.39, 0.29) is 11.3 Å². The number of carbonyl (C=O) groups excluding carboxylic acids is 1. The van der Waals surface area contributed by atoms with Gasteiger partial charge >= 0.3 is 6.18 Å². The molecule has 0 aromatic heterocycles. The summed E-state index contributed by atoms with van der Waals surface area (Å²) in [5.74, 6) is -0.635. The first kappa shape index (κ1) is 20.8. The number of benzene rings is 2. The summed E-state index contributed by atoms with van der Waals surface area (Å²) in [7, 11) is 0. The first-order valence-corrected chi connectivity index (χ1v) is 9.09. The number of hydrogen-bond donors (Lipinski definition) is 0. The number of nitro benzene ring substituents is 1. The number of nitro groups is 1. The Morgan fingerprint density at radius 1 is 1.07 bits per heavy atom. The molecule has 29 heavy (non-hydrogen) atoms. The SMILES string of the molecule is Cc1c(CN2CCN(C(=O)c3ccccc3C(F)(F)F)CC2)cccc1[N+](=O)[O-]. The molecular weight excluding hydrogens is 387 g/mol. The van der Waals surface area contributed by atoms with Gasteiger partial charge in [0.15, 0.2) is 0 Å². The van der Waals surface area contributed by atoms with Crippen molar-refractivity contribution in [1.29, 1.82) is 0 Å². The molecule has 1 fully saturated rings. The van der Waals surface area contributed by atoms with Gasteiger partial charge in [-0.2, -0.15) is 13.2 Å². The summed E-state index contributed by atoms with van der Waals surface area (Å²) in [6.45, 7) is 3.71. The van der Waals surface area contributed by atoms with Crippen LogP contribution >= 0.6 is 0 Å². The predicted octanol–water partition coefficient (Wildman–Crippen LogP) is 3.88. The van der Waals surface area contributed by atoms with E-state index in [1.54, 1.807) is 13.0 Å². The summed E-state index contributed by atoms with van der Waals surface area (Å²) >= 11 is 0. The third-order valence-corrected chi connectivity index (χ3v) is 5.13. The maximum atomic E-state index is 13.2. The minimum atomic E-state index is -4.59. The molecule has 2 aromatic carbocycles. The van der Waals surface area contributed by atoms with Crippen molar-refractivity contribution in [3.05, 3.63) is 74.8 Å². The van der Waals surface area contributed by atoms with Crippen molar-refractivity contribution in [2.24, 2.45) is 0 Å². The van der Waals surface area contributed by atoms with Crippen LogP contribution < -0.4 is 0 Å². The molecule has 1 heterocycles. The topological polar surface area (TPSA) is 66.7 Å². The summed E-state index contributed by atoms with van der Waals surface area (Å²) in [5, 5.41) is 11.1. The van der Waals surface area contributed by atoms with Gasteiger partial charge in [0.25, 0.3) is 11.6 Å². The highest BCUT2D eigenvalue weighted by Crippen LogP contribution is 2.32. The number of hydrogen-bond acceptors (Lipinski definition) is 4. The third kappa shape index (κ3) is 4.56. The lowest BCUT2D eigenvalue weighted by molar-refractivity contribution is -0.385. The molecular formula is C20H20F3N3O3.